The number of aromatic nitrogens is 2. The topological polar surface area (TPSA) is 56.2 Å². The number of nitrogens with one attached hydrogen (secondary N) is 1. The van der Waals surface area contributed by atoms with Crippen LogP contribution in [-0.2, 0) is 13.0 Å². The summed E-state index contributed by atoms with van der Waals surface area (Å²) in [6, 6.07) is 10.0. The van der Waals surface area contributed by atoms with Gasteiger partial charge in [-0.05, 0) is 44.0 Å². The van der Waals surface area contributed by atoms with Crippen molar-refractivity contribution in [3.8, 4) is 17.1 Å². The lowest BCUT2D eigenvalue weighted by atomic mass is 10.1. The summed E-state index contributed by atoms with van der Waals surface area (Å²) >= 11 is 1.61. The minimum Gasteiger partial charge on any atom is -0.497 e. The molecule has 0 radical (unpaired) electrons. The lowest BCUT2D eigenvalue weighted by Gasteiger charge is -2.11. The molecule has 2 heterocycles. The van der Waals surface area contributed by atoms with Gasteiger partial charge in [-0.1, -0.05) is 18.2 Å². The molecule has 146 valence electrons. The van der Waals surface area contributed by atoms with Gasteiger partial charge in [0.1, 0.15) is 5.75 Å². The van der Waals surface area contributed by atoms with Crippen molar-refractivity contribution in [1.29, 1.82) is 0 Å². The van der Waals surface area contributed by atoms with Crippen LogP contribution >= 0.6 is 11.3 Å². The van der Waals surface area contributed by atoms with Crippen molar-refractivity contribution >= 4 is 17.2 Å². The van der Waals surface area contributed by atoms with E-state index in [1.807, 2.05) is 37.4 Å². The molecule has 0 fully saturated rings. The maximum atomic E-state index is 12.6. The quantitative estimate of drug-likeness (QED) is 0.575. The summed E-state index contributed by atoms with van der Waals surface area (Å²) in [7, 11) is 1.67. The summed E-state index contributed by atoms with van der Waals surface area (Å²) in [5.41, 5.74) is 4.71. The van der Waals surface area contributed by atoms with Crippen LogP contribution < -0.4 is 10.1 Å². The standard InChI is InChI=1S/C22H25N3O2S/c1-5-11-23-22(26)19-13-21(20-14-28-16(3)24-20)25(15(19)2)12-10-17-6-8-18(27-4)9-7-17/h5-9,13-14H,1,10-12H2,2-4H3,(H,23,26). The average molecular weight is 396 g/mol. The van der Waals surface area contributed by atoms with Gasteiger partial charge in [-0.25, -0.2) is 4.98 Å². The SMILES string of the molecule is C=CCNC(=O)c1cc(-c2csc(C)n2)n(CCc2ccc(OC)cc2)c1C. The fourth-order valence-corrected chi connectivity index (χ4v) is 3.76. The molecule has 0 bridgehead atoms. The van der Waals surface area contributed by atoms with Gasteiger partial charge in [-0.3, -0.25) is 4.79 Å². The highest BCUT2D eigenvalue weighted by Gasteiger charge is 2.19. The van der Waals surface area contributed by atoms with E-state index in [0.717, 1.165) is 40.8 Å². The van der Waals surface area contributed by atoms with Gasteiger partial charge < -0.3 is 14.6 Å². The first-order chi connectivity index (χ1) is 13.5. The van der Waals surface area contributed by atoms with Crippen LogP contribution in [0.2, 0.25) is 0 Å². The Labute approximate surface area is 169 Å². The molecule has 3 aromatic rings. The number of aryl methyl sites for hydroxylation is 2. The number of rotatable bonds is 8. The Morgan fingerprint density at radius 3 is 2.68 bits per heavy atom. The molecule has 1 amide bonds. The van der Waals surface area contributed by atoms with Crippen molar-refractivity contribution in [2.45, 2.75) is 26.8 Å². The molecule has 0 atom stereocenters. The van der Waals surface area contributed by atoms with Crippen molar-refractivity contribution in [3.63, 3.8) is 0 Å². The highest BCUT2D eigenvalue weighted by Crippen LogP contribution is 2.28. The van der Waals surface area contributed by atoms with E-state index >= 15 is 0 Å². The minimum absolute atomic E-state index is 0.0891. The van der Waals surface area contributed by atoms with Gasteiger partial charge in [0, 0.05) is 24.2 Å². The summed E-state index contributed by atoms with van der Waals surface area (Å²) < 4.78 is 7.41. The highest BCUT2D eigenvalue weighted by atomic mass is 32.1. The van der Waals surface area contributed by atoms with Gasteiger partial charge in [-0.2, -0.15) is 0 Å². The molecule has 0 unspecified atom stereocenters. The Morgan fingerprint density at radius 2 is 2.07 bits per heavy atom. The van der Waals surface area contributed by atoms with Gasteiger partial charge in [0.2, 0.25) is 0 Å². The van der Waals surface area contributed by atoms with Gasteiger partial charge in [0.25, 0.3) is 5.91 Å². The molecule has 0 saturated carbocycles. The van der Waals surface area contributed by atoms with E-state index < -0.39 is 0 Å². The van der Waals surface area contributed by atoms with Crippen molar-refractivity contribution in [2.24, 2.45) is 0 Å². The first kappa shape index (κ1) is 19.9. The molecular formula is C22H25N3O2S. The second kappa shape index (κ2) is 8.89. The third kappa shape index (κ3) is 4.34. The van der Waals surface area contributed by atoms with Crippen LogP contribution in [0.4, 0.5) is 0 Å². The van der Waals surface area contributed by atoms with E-state index in [1.165, 1.54) is 5.56 Å². The van der Waals surface area contributed by atoms with Crippen LogP contribution in [0.25, 0.3) is 11.4 Å². The average Bonchev–Trinajstić information content (AvgIpc) is 3.28. The number of amides is 1. The Hall–Kier alpha value is -2.86. The fourth-order valence-electron chi connectivity index (χ4n) is 3.15. The molecule has 28 heavy (non-hydrogen) atoms. The van der Waals surface area contributed by atoms with Crippen molar-refractivity contribution < 1.29 is 9.53 Å². The van der Waals surface area contributed by atoms with Crippen molar-refractivity contribution in [1.82, 2.24) is 14.9 Å². The van der Waals surface area contributed by atoms with E-state index in [2.05, 4.69) is 33.6 Å². The monoisotopic (exact) mass is 395 g/mol. The molecule has 0 aliphatic carbocycles. The zero-order valence-electron chi connectivity index (χ0n) is 16.5. The molecule has 1 N–H and O–H groups in total. The zero-order valence-corrected chi connectivity index (χ0v) is 17.3. The van der Waals surface area contributed by atoms with Gasteiger partial charge >= 0.3 is 0 Å². The molecule has 0 aliphatic heterocycles. The predicted molar refractivity (Wildman–Crippen MR) is 114 cm³/mol. The molecule has 5 nitrogen and oxygen atoms in total. The van der Waals surface area contributed by atoms with Crippen LogP contribution in [0.1, 0.15) is 26.6 Å². The number of carbonyl (C=O) groups excluding carboxylic acids is 1. The van der Waals surface area contributed by atoms with Gasteiger partial charge in [-0.15, -0.1) is 17.9 Å². The van der Waals surface area contributed by atoms with Crippen LogP contribution in [-0.4, -0.2) is 29.1 Å². The summed E-state index contributed by atoms with van der Waals surface area (Å²) in [4.78, 5) is 17.2. The summed E-state index contributed by atoms with van der Waals surface area (Å²) in [5, 5.41) is 5.92. The van der Waals surface area contributed by atoms with E-state index in [9.17, 15) is 4.79 Å². The van der Waals surface area contributed by atoms with Crippen LogP contribution in [0.3, 0.4) is 0 Å². The number of benzene rings is 1. The first-order valence-electron chi connectivity index (χ1n) is 9.18. The number of carbonyl (C=O) groups is 1. The normalized spacial score (nSPS) is 10.7. The maximum absolute atomic E-state index is 12.6. The molecular weight excluding hydrogens is 370 g/mol. The lowest BCUT2D eigenvalue weighted by molar-refractivity contribution is 0.0957. The second-order valence-corrected chi connectivity index (χ2v) is 7.59. The van der Waals surface area contributed by atoms with Crippen LogP contribution in [0.5, 0.6) is 5.75 Å². The van der Waals surface area contributed by atoms with Crippen LogP contribution in [0, 0.1) is 13.8 Å². The molecule has 1 aromatic carbocycles. The number of ether oxygens (including phenoxy) is 1. The molecule has 3 rings (SSSR count). The maximum Gasteiger partial charge on any atom is 0.253 e. The van der Waals surface area contributed by atoms with E-state index in [1.54, 1.807) is 24.5 Å². The molecule has 6 heteroatoms. The van der Waals surface area contributed by atoms with Crippen LogP contribution in [0.15, 0.2) is 48.4 Å². The minimum atomic E-state index is -0.0891. The van der Waals surface area contributed by atoms with Gasteiger partial charge in [0.05, 0.1) is 29.1 Å². The third-order valence-corrected chi connectivity index (χ3v) is 5.46. The lowest BCUT2D eigenvalue weighted by Crippen LogP contribution is -2.23. The molecule has 0 saturated heterocycles. The molecule has 0 aliphatic rings. The predicted octanol–water partition coefficient (Wildman–Crippen LogP) is 4.40. The summed E-state index contributed by atoms with van der Waals surface area (Å²) in [5.74, 6) is 0.759. The largest absolute Gasteiger partial charge is 0.497 e. The zero-order chi connectivity index (χ0) is 20.1. The number of hydrogen-bond acceptors (Lipinski definition) is 4. The van der Waals surface area contributed by atoms with Crippen molar-refractivity contribution in [2.75, 3.05) is 13.7 Å². The third-order valence-electron chi connectivity index (χ3n) is 4.68. The fraction of sp³-hybridized carbons (Fsp3) is 0.273. The first-order valence-corrected chi connectivity index (χ1v) is 10.1. The summed E-state index contributed by atoms with van der Waals surface area (Å²) in [6.07, 6.45) is 2.53. The van der Waals surface area contributed by atoms with Crippen molar-refractivity contribution in [3.05, 3.63) is 70.2 Å². The summed E-state index contributed by atoms with van der Waals surface area (Å²) in [6.45, 7) is 8.84. The smallest absolute Gasteiger partial charge is 0.253 e. The second-order valence-electron chi connectivity index (χ2n) is 6.53. The Balaban J connectivity index is 1.91. The van der Waals surface area contributed by atoms with Gasteiger partial charge in [0.15, 0.2) is 0 Å². The molecule has 2 aromatic heterocycles. The van der Waals surface area contributed by atoms with E-state index in [0.29, 0.717) is 12.1 Å². The number of methoxy groups -OCH3 is 1. The Kier molecular flexibility index (Phi) is 6.31. The Bertz CT molecular complexity index is 970. The van der Waals surface area contributed by atoms with E-state index in [4.69, 9.17) is 4.74 Å². The molecule has 0 spiro atoms. The van der Waals surface area contributed by atoms with E-state index in [-0.39, 0.29) is 5.91 Å². The highest BCUT2D eigenvalue weighted by molar-refractivity contribution is 7.09. The number of nitrogens with zero attached hydrogens (tertiary/aromatic N) is 2. The number of hydrogen-bond donors (Lipinski definition) is 1. The number of thiazole rings is 1. The Morgan fingerprint density at radius 1 is 1.32 bits per heavy atom.